The van der Waals surface area contributed by atoms with Crippen molar-refractivity contribution in [1.29, 1.82) is 0 Å². The van der Waals surface area contributed by atoms with Crippen LogP contribution in [-0.4, -0.2) is 43.8 Å². The predicted octanol–water partition coefficient (Wildman–Crippen LogP) is 3.02. The van der Waals surface area contributed by atoms with Crippen molar-refractivity contribution in [3.8, 4) is 0 Å². The van der Waals surface area contributed by atoms with E-state index in [1.165, 1.54) is 21.0 Å². The van der Waals surface area contributed by atoms with E-state index in [1.807, 2.05) is 23.1 Å². The Morgan fingerprint density at radius 1 is 1.04 bits per heavy atom. The number of rotatable bonds is 5. The molecule has 2 heterocycles. The molecule has 0 unspecified atom stereocenters. The van der Waals surface area contributed by atoms with Gasteiger partial charge in [0.05, 0.1) is 0 Å². The minimum absolute atomic E-state index is 0.106. The fourth-order valence-electron chi connectivity index (χ4n) is 3.14. The van der Waals surface area contributed by atoms with E-state index < -0.39 is 0 Å². The van der Waals surface area contributed by atoms with Gasteiger partial charge in [0.1, 0.15) is 0 Å². The molecule has 0 saturated heterocycles. The van der Waals surface area contributed by atoms with E-state index in [1.54, 1.807) is 6.08 Å². The number of H-pyrrole nitrogens is 1. The van der Waals surface area contributed by atoms with Gasteiger partial charge in [0, 0.05) is 0 Å². The molecule has 0 atom stereocenters. The molecule has 0 bridgehead atoms. The summed E-state index contributed by atoms with van der Waals surface area (Å²) in [6.07, 6.45) is 6.59. The van der Waals surface area contributed by atoms with Gasteiger partial charge in [-0.05, 0) is 0 Å². The van der Waals surface area contributed by atoms with Crippen LogP contribution in [0.15, 0.2) is 83.5 Å². The summed E-state index contributed by atoms with van der Waals surface area (Å²) in [5.74, 6) is 0.106. The van der Waals surface area contributed by atoms with Crippen molar-refractivity contribution in [3.63, 3.8) is 0 Å². The summed E-state index contributed by atoms with van der Waals surface area (Å²) in [7, 11) is 0. The monoisotopic (exact) mass is 408 g/mol. The number of aromatic amines is 1. The fraction of sp³-hybridized carbons (Fsp3) is 0.136. The van der Waals surface area contributed by atoms with Crippen LogP contribution >= 0.6 is 0 Å². The Kier molecular flexibility index (Phi) is 5.05. The minimum atomic E-state index is 0.106. The molecule has 1 aliphatic heterocycles. The molecule has 130 valence electrons. The number of amides is 1. The molecular formula is C22H20N2OSe. The first-order valence-corrected chi connectivity index (χ1v) is 10.6. The maximum atomic E-state index is 12.2. The second kappa shape index (κ2) is 7.77. The molecule has 1 aromatic heterocycles. The Morgan fingerprint density at radius 3 is 2.73 bits per heavy atom. The second-order valence-corrected chi connectivity index (χ2v) is 8.30. The zero-order valence-corrected chi connectivity index (χ0v) is 16.1. The molecule has 4 rings (SSSR count). The molecule has 3 nitrogen and oxygen atoms in total. The van der Waals surface area contributed by atoms with Gasteiger partial charge in [-0.3, -0.25) is 0 Å². The molecule has 1 N–H and O–H groups in total. The number of fused-ring (bicyclic) bond motifs is 1. The van der Waals surface area contributed by atoms with Crippen LogP contribution in [0.5, 0.6) is 0 Å². The number of nitrogens with zero attached hydrogens (tertiary/aromatic N) is 1. The van der Waals surface area contributed by atoms with E-state index in [2.05, 4.69) is 58.6 Å². The van der Waals surface area contributed by atoms with Gasteiger partial charge in [-0.1, -0.05) is 0 Å². The van der Waals surface area contributed by atoms with Gasteiger partial charge >= 0.3 is 159 Å². The number of carbonyl (C=O) groups is 1. The van der Waals surface area contributed by atoms with E-state index in [-0.39, 0.29) is 5.91 Å². The predicted molar refractivity (Wildman–Crippen MR) is 108 cm³/mol. The van der Waals surface area contributed by atoms with Crippen molar-refractivity contribution in [3.05, 3.63) is 89.1 Å². The number of nitrogens with one attached hydrogen (secondary N) is 1. The standard InChI is InChI=1S/C22H20N2OSe/c25-22-11-10-17(16-26-19-6-2-1-3-7-19)15-24(22)13-12-18-14-23-21-9-5-4-8-20(18)21/h1-11,14,16,23H,12-13,15H2/b17-16+. The quantitative estimate of drug-likeness (QED) is 0.649. The third-order valence-corrected chi connectivity index (χ3v) is 6.57. The summed E-state index contributed by atoms with van der Waals surface area (Å²) in [6.45, 7) is 1.44. The van der Waals surface area contributed by atoms with Gasteiger partial charge in [-0.15, -0.1) is 0 Å². The van der Waals surface area contributed by atoms with Gasteiger partial charge in [0.25, 0.3) is 0 Å². The Morgan fingerprint density at radius 2 is 1.85 bits per heavy atom. The van der Waals surface area contributed by atoms with Crippen LogP contribution in [0.4, 0.5) is 0 Å². The van der Waals surface area contributed by atoms with Crippen molar-refractivity contribution in [2.24, 2.45) is 0 Å². The first-order valence-electron chi connectivity index (χ1n) is 8.72. The third kappa shape index (κ3) is 3.82. The number of carbonyl (C=O) groups excluding carboxylic acids is 1. The zero-order valence-electron chi connectivity index (χ0n) is 14.4. The summed E-state index contributed by atoms with van der Waals surface area (Å²) in [5.41, 5.74) is 3.65. The molecule has 4 heteroatoms. The Bertz CT molecular complexity index is 972. The molecule has 1 amide bonds. The molecule has 0 aliphatic carbocycles. The molecule has 2 aromatic carbocycles. The van der Waals surface area contributed by atoms with Crippen LogP contribution in [0.25, 0.3) is 10.9 Å². The van der Waals surface area contributed by atoms with Gasteiger partial charge in [-0.2, -0.15) is 0 Å². The van der Waals surface area contributed by atoms with E-state index in [0.717, 1.165) is 18.5 Å². The molecule has 0 spiro atoms. The number of hydrogen-bond acceptors (Lipinski definition) is 1. The Balaban J connectivity index is 1.42. The molecular weight excluding hydrogens is 387 g/mol. The molecule has 0 fully saturated rings. The summed E-state index contributed by atoms with van der Waals surface area (Å²) in [5, 5.41) is 1.25. The fourth-order valence-corrected chi connectivity index (χ4v) is 4.72. The van der Waals surface area contributed by atoms with Gasteiger partial charge in [-0.25, -0.2) is 0 Å². The van der Waals surface area contributed by atoms with Crippen molar-refractivity contribution in [2.75, 3.05) is 13.1 Å². The van der Waals surface area contributed by atoms with Crippen LogP contribution in [0, 0.1) is 0 Å². The topological polar surface area (TPSA) is 36.1 Å². The van der Waals surface area contributed by atoms with E-state index in [9.17, 15) is 4.79 Å². The summed E-state index contributed by atoms with van der Waals surface area (Å²) < 4.78 is 1.35. The van der Waals surface area contributed by atoms with Gasteiger partial charge in [0.2, 0.25) is 0 Å². The summed E-state index contributed by atoms with van der Waals surface area (Å²) >= 11 is 0.295. The third-order valence-electron chi connectivity index (χ3n) is 4.54. The maximum absolute atomic E-state index is 12.2. The normalized spacial score (nSPS) is 15.9. The Labute approximate surface area is 159 Å². The first-order chi connectivity index (χ1) is 12.8. The van der Waals surface area contributed by atoms with Crippen molar-refractivity contribution in [1.82, 2.24) is 9.88 Å². The number of benzene rings is 2. The van der Waals surface area contributed by atoms with E-state index in [4.69, 9.17) is 0 Å². The van der Waals surface area contributed by atoms with Gasteiger partial charge in [0.15, 0.2) is 0 Å². The molecule has 0 saturated carbocycles. The SMILES string of the molecule is O=C1C=C/C(=C\[Se]c2ccccc2)CN1CCc1c[nH]c2ccccc12. The van der Waals surface area contributed by atoms with Crippen molar-refractivity contribution in [2.45, 2.75) is 6.42 Å². The zero-order chi connectivity index (χ0) is 17.8. The number of aromatic nitrogens is 1. The first kappa shape index (κ1) is 16.9. The van der Waals surface area contributed by atoms with Crippen LogP contribution < -0.4 is 4.46 Å². The summed E-state index contributed by atoms with van der Waals surface area (Å²) in [4.78, 5) is 19.8. The molecule has 0 radical (unpaired) electrons. The van der Waals surface area contributed by atoms with Crippen LogP contribution in [0.2, 0.25) is 0 Å². The number of para-hydroxylation sites is 1. The molecule has 1 aliphatic rings. The van der Waals surface area contributed by atoms with E-state index >= 15 is 0 Å². The average Bonchev–Trinajstić information content (AvgIpc) is 3.10. The van der Waals surface area contributed by atoms with Crippen LogP contribution in [-0.2, 0) is 11.2 Å². The van der Waals surface area contributed by atoms with E-state index in [0.29, 0.717) is 21.5 Å². The molecule has 3 aromatic rings. The van der Waals surface area contributed by atoms with Crippen LogP contribution in [0.1, 0.15) is 5.56 Å². The van der Waals surface area contributed by atoms with Crippen molar-refractivity contribution >= 4 is 36.2 Å². The van der Waals surface area contributed by atoms with Crippen LogP contribution in [0.3, 0.4) is 0 Å². The van der Waals surface area contributed by atoms with Gasteiger partial charge < -0.3 is 0 Å². The molecule has 26 heavy (non-hydrogen) atoms. The number of hydrogen-bond donors (Lipinski definition) is 1. The summed E-state index contributed by atoms with van der Waals surface area (Å²) in [6, 6.07) is 18.8. The Hall–Kier alpha value is -2.55. The average molecular weight is 407 g/mol. The second-order valence-electron chi connectivity index (χ2n) is 6.33. The van der Waals surface area contributed by atoms with Crippen molar-refractivity contribution < 1.29 is 4.79 Å².